The summed E-state index contributed by atoms with van der Waals surface area (Å²) >= 11 is 2.16. The molecule has 0 aliphatic carbocycles. The maximum absolute atomic E-state index is 11.8. The van der Waals surface area contributed by atoms with Crippen LogP contribution in [-0.2, 0) is 14.8 Å². The fraction of sp³-hybridized carbons (Fsp3) is 0.500. The number of ether oxygens (including phenoxy) is 1. The first-order chi connectivity index (χ1) is 9.57. The number of amides is 1. The average Bonchev–Trinajstić information content (AvgIpc) is 2.35. The summed E-state index contributed by atoms with van der Waals surface area (Å²) in [5.74, 6) is -0.216. The monoisotopic (exact) mass is 425 g/mol. The van der Waals surface area contributed by atoms with Crippen LogP contribution in [0.4, 0.5) is 0 Å². The number of nitrogens with one attached hydrogen (secondary N) is 1. The van der Waals surface area contributed by atoms with E-state index in [2.05, 4.69) is 22.6 Å². The molecule has 0 bridgehead atoms. The lowest BCUT2D eigenvalue weighted by Gasteiger charge is -2.17. The quantitative estimate of drug-likeness (QED) is 0.712. The lowest BCUT2D eigenvalue weighted by Crippen LogP contribution is -2.36. The average molecular weight is 425 g/mol. The van der Waals surface area contributed by atoms with Gasteiger partial charge in [0.15, 0.2) is 6.61 Å². The van der Waals surface area contributed by atoms with E-state index in [-0.39, 0.29) is 17.8 Å². The summed E-state index contributed by atoms with van der Waals surface area (Å²) in [6, 6.07) is 7.13. The molecule has 5 nitrogen and oxygen atoms in total. The molecule has 1 amide bonds. The van der Waals surface area contributed by atoms with E-state index >= 15 is 0 Å². The number of halogens is 1. The van der Waals surface area contributed by atoms with Crippen LogP contribution in [0.2, 0.25) is 0 Å². The summed E-state index contributed by atoms with van der Waals surface area (Å²) in [4.78, 5) is 11.6. The van der Waals surface area contributed by atoms with Gasteiger partial charge in [-0.2, -0.15) is 0 Å². The minimum absolute atomic E-state index is 0.0776. The van der Waals surface area contributed by atoms with Crippen LogP contribution in [0.5, 0.6) is 5.75 Å². The van der Waals surface area contributed by atoms with Crippen LogP contribution in [0.15, 0.2) is 24.3 Å². The van der Waals surface area contributed by atoms with Gasteiger partial charge in [-0.1, -0.05) is 20.8 Å². The normalized spacial score (nSPS) is 12.0. The van der Waals surface area contributed by atoms with Gasteiger partial charge in [-0.15, -0.1) is 0 Å². The molecule has 7 heteroatoms. The van der Waals surface area contributed by atoms with Crippen LogP contribution >= 0.6 is 22.6 Å². The standard InChI is InChI=1S/C14H20INO4S/c1-14(2,3)8-9-21(18,19)16-13(17)10-20-12-6-4-11(15)5-7-12/h4-7H,8-10H2,1-3H3,(H,16,17). The number of carbonyl (C=O) groups excluding carboxylic acids is 1. The van der Waals surface area contributed by atoms with Gasteiger partial charge in [0.05, 0.1) is 5.75 Å². The number of sulfonamides is 1. The van der Waals surface area contributed by atoms with Gasteiger partial charge < -0.3 is 4.74 Å². The van der Waals surface area contributed by atoms with Crippen molar-refractivity contribution in [3.05, 3.63) is 27.8 Å². The third-order valence-electron chi connectivity index (χ3n) is 2.57. The summed E-state index contributed by atoms with van der Waals surface area (Å²) in [6.07, 6.45) is 0.480. The second-order valence-electron chi connectivity index (χ2n) is 5.90. The van der Waals surface area contributed by atoms with Crippen LogP contribution in [0, 0.1) is 8.99 Å². The predicted molar refractivity (Wildman–Crippen MR) is 90.7 cm³/mol. The first kappa shape index (κ1) is 18.2. The Labute approximate surface area is 139 Å². The Balaban J connectivity index is 2.44. The second kappa shape index (κ2) is 7.44. The number of benzene rings is 1. The van der Waals surface area contributed by atoms with Gasteiger partial charge in [0.25, 0.3) is 5.91 Å². The fourth-order valence-electron chi connectivity index (χ4n) is 1.37. The van der Waals surface area contributed by atoms with Crippen molar-refractivity contribution >= 4 is 38.5 Å². The van der Waals surface area contributed by atoms with Crippen molar-refractivity contribution < 1.29 is 17.9 Å². The molecule has 0 saturated carbocycles. The third kappa shape index (κ3) is 8.25. The molecule has 0 atom stereocenters. The van der Waals surface area contributed by atoms with Crippen LogP contribution in [-0.4, -0.2) is 26.7 Å². The SMILES string of the molecule is CC(C)(C)CCS(=O)(=O)NC(=O)COc1ccc(I)cc1. The Kier molecular flexibility index (Phi) is 6.45. The number of hydrogen-bond acceptors (Lipinski definition) is 4. The molecule has 0 aromatic heterocycles. The molecule has 0 radical (unpaired) electrons. The van der Waals surface area contributed by atoms with Crippen LogP contribution in [0.1, 0.15) is 27.2 Å². The maximum atomic E-state index is 11.8. The highest BCUT2D eigenvalue weighted by molar-refractivity contribution is 14.1. The van der Waals surface area contributed by atoms with E-state index in [0.717, 1.165) is 3.57 Å². The largest absolute Gasteiger partial charge is 0.484 e. The number of hydrogen-bond donors (Lipinski definition) is 1. The molecule has 0 aliphatic heterocycles. The summed E-state index contributed by atoms with van der Waals surface area (Å²) in [5.41, 5.74) is -0.102. The van der Waals surface area contributed by atoms with E-state index < -0.39 is 15.9 Å². The second-order valence-corrected chi connectivity index (χ2v) is 8.98. The summed E-state index contributed by atoms with van der Waals surface area (Å²) < 4.78 is 31.8. The van der Waals surface area contributed by atoms with Crippen molar-refractivity contribution in [1.29, 1.82) is 0 Å². The van der Waals surface area contributed by atoms with Gasteiger partial charge in [0.2, 0.25) is 10.0 Å². The molecule has 0 saturated heterocycles. The van der Waals surface area contributed by atoms with Crippen molar-refractivity contribution in [1.82, 2.24) is 4.72 Å². The maximum Gasteiger partial charge on any atom is 0.271 e. The molecule has 1 aromatic carbocycles. The first-order valence-corrected chi connectivity index (χ1v) is 9.22. The van der Waals surface area contributed by atoms with Crippen molar-refractivity contribution in [2.24, 2.45) is 5.41 Å². The van der Waals surface area contributed by atoms with Crippen LogP contribution < -0.4 is 9.46 Å². The zero-order chi connectivity index (χ0) is 16.1. The third-order valence-corrected chi connectivity index (χ3v) is 4.57. The fourth-order valence-corrected chi connectivity index (χ4v) is 3.12. The molecule has 1 N–H and O–H groups in total. The molecule has 0 fully saturated rings. The zero-order valence-electron chi connectivity index (χ0n) is 12.3. The van der Waals surface area contributed by atoms with Gasteiger partial charge in [-0.05, 0) is 58.7 Å². The molecule has 0 unspecified atom stereocenters. The van der Waals surface area contributed by atoms with E-state index in [1.165, 1.54) is 0 Å². The van der Waals surface area contributed by atoms with E-state index in [1.54, 1.807) is 12.1 Å². The molecule has 0 spiro atoms. The minimum Gasteiger partial charge on any atom is -0.484 e. The van der Waals surface area contributed by atoms with Gasteiger partial charge in [0, 0.05) is 3.57 Å². The highest BCUT2D eigenvalue weighted by Gasteiger charge is 2.19. The summed E-state index contributed by atoms with van der Waals surface area (Å²) in [6.45, 7) is 5.52. The molecular weight excluding hydrogens is 405 g/mol. The first-order valence-electron chi connectivity index (χ1n) is 6.49. The highest BCUT2D eigenvalue weighted by Crippen LogP contribution is 2.19. The van der Waals surface area contributed by atoms with Gasteiger partial charge in [-0.3, -0.25) is 9.52 Å². The Morgan fingerprint density at radius 3 is 2.33 bits per heavy atom. The molecule has 1 aromatic rings. The van der Waals surface area contributed by atoms with Crippen molar-refractivity contribution in [3.8, 4) is 5.75 Å². The van der Waals surface area contributed by atoms with E-state index in [1.807, 2.05) is 37.6 Å². The lowest BCUT2D eigenvalue weighted by molar-refractivity contribution is -0.121. The van der Waals surface area contributed by atoms with Gasteiger partial charge in [0.1, 0.15) is 5.75 Å². The topological polar surface area (TPSA) is 72.5 Å². The van der Waals surface area contributed by atoms with Crippen molar-refractivity contribution in [2.45, 2.75) is 27.2 Å². The van der Waals surface area contributed by atoms with Gasteiger partial charge in [-0.25, -0.2) is 8.42 Å². The number of rotatable bonds is 6. The molecular formula is C14H20INO4S. The van der Waals surface area contributed by atoms with Gasteiger partial charge >= 0.3 is 0 Å². The summed E-state index contributed by atoms with van der Waals surface area (Å²) in [5, 5.41) is 0. The predicted octanol–water partition coefficient (Wildman–Crippen LogP) is 2.55. The Morgan fingerprint density at radius 2 is 1.81 bits per heavy atom. The molecule has 118 valence electrons. The Hall–Kier alpha value is -0.830. The van der Waals surface area contributed by atoms with E-state index in [4.69, 9.17) is 4.74 Å². The molecule has 21 heavy (non-hydrogen) atoms. The van der Waals surface area contributed by atoms with Crippen molar-refractivity contribution in [3.63, 3.8) is 0 Å². The van der Waals surface area contributed by atoms with Crippen LogP contribution in [0.25, 0.3) is 0 Å². The number of carbonyl (C=O) groups is 1. The summed E-state index contributed by atoms with van der Waals surface area (Å²) in [7, 11) is -3.61. The molecule has 0 aliphatic rings. The minimum atomic E-state index is -3.61. The smallest absolute Gasteiger partial charge is 0.271 e. The van der Waals surface area contributed by atoms with E-state index in [9.17, 15) is 13.2 Å². The Bertz CT molecular complexity index is 576. The highest BCUT2D eigenvalue weighted by atomic mass is 127. The van der Waals surface area contributed by atoms with E-state index in [0.29, 0.717) is 12.2 Å². The zero-order valence-corrected chi connectivity index (χ0v) is 15.3. The van der Waals surface area contributed by atoms with Crippen LogP contribution in [0.3, 0.4) is 0 Å². The van der Waals surface area contributed by atoms with Crippen molar-refractivity contribution in [2.75, 3.05) is 12.4 Å². The lowest BCUT2D eigenvalue weighted by atomic mass is 9.94. The Morgan fingerprint density at radius 1 is 1.24 bits per heavy atom. The molecule has 1 rings (SSSR count). The molecule has 0 heterocycles.